The lowest BCUT2D eigenvalue weighted by molar-refractivity contribution is 0.373. The predicted molar refractivity (Wildman–Crippen MR) is 53.3 cm³/mol. The van der Waals surface area contributed by atoms with Gasteiger partial charge < -0.3 is 15.5 Å². The van der Waals surface area contributed by atoms with Crippen molar-refractivity contribution >= 4 is 23.1 Å². The molecule has 1 rings (SSSR count). The molecule has 1 aromatic heterocycles. The summed E-state index contributed by atoms with van der Waals surface area (Å²) in [7, 11) is 3.34. The van der Waals surface area contributed by atoms with E-state index in [4.69, 9.17) is 22.8 Å². The lowest BCUT2D eigenvalue weighted by Gasteiger charge is -2.01. The van der Waals surface area contributed by atoms with Crippen LogP contribution in [0.1, 0.15) is 0 Å². The molecule has 7 heteroatoms. The fourth-order valence-electron chi connectivity index (χ4n) is 0.855. The first-order valence-corrected chi connectivity index (χ1v) is 3.94. The molecule has 0 unspecified atom stereocenters. The summed E-state index contributed by atoms with van der Waals surface area (Å²) in [4.78, 5) is 0. The molecule has 13 heavy (non-hydrogen) atoms. The van der Waals surface area contributed by atoms with Crippen LogP contribution in [-0.4, -0.2) is 22.0 Å². The number of anilines is 1. The molecule has 0 amide bonds. The van der Waals surface area contributed by atoms with Gasteiger partial charge in [0.2, 0.25) is 5.88 Å². The Morgan fingerprint density at radius 2 is 2.46 bits per heavy atom. The Balaban J connectivity index is 2.73. The summed E-state index contributed by atoms with van der Waals surface area (Å²) >= 11 is 4.79. The van der Waals surface area contributed by atoms with Crippen LogP contribution in [0.4, 0.5) is 5.82 Å². The van der Waals surface area contributed by atoms with Crippen molar-refractivity contribution in [3.63, 3.8) is 0 Å². The molecule has 4 N–H and O–H groups in total. The molecule has 0 aliphatic rings. The third kappa shape index (κ3) is 2.30. The fraction of sp³-hybridized carbons (Fsp3) is 0.333. The van der Waals surface area contributed by atoms with E-state index >= 15 is 0 Å². The number of nitrogens with zero attached hydrogens (tertiary/aromatic N) is 2. The topological polar surface area (TPSA) is 77.1 Å². The molecule has 1 aromatic rings. The number of thiocarbonyl (C=S) groups is 1. The molecule has 6 nitrogen and oxygen atoms in total. The van der Waals surface area contributed by atoms with Gasteiger partial charge in [-0.05, 0) is 12.2 Å². The number of aryl methyl sites for hydroxylation is 1. The van der Waals surface area contributed by atoms with E-state index in [9.17, 15) is 0 Å². The number of methoxy groups -OCH3 is 1. The summed E-state index contributed by atoms with van der Waals surface area (Å²) in [5.74, 6) is 6.30. The van der Waals surface area contributed by atoms with Gasteiger partial charge in [-0.25, -0.2) is 10.5 Å². The SMILES string of the molecule is COc1cc(NC(=S)NN)nn1C. The molecule has 0 aliphatic carbocycles. The van der Waals surface area contributed by atoms with Crippen LogP contribution >= 0.6 is 12.2 Å². The third-order valence-corrected chi connectivity index (χ3v) is 1.64. The van der Waals surface area contributed by atoms with E-state index in [1.165, 1.54) is 0 Å². The Labute approximate surface area is 81.0 Å². The van der Waals surface area contributed by atoms with E-state index < -0.39 is 0 Å². The second-order valence-electron chi connectivity index (χ2n) is 2.29. The summed E-state index contributed by atoms with van der Waals surface area (Å²) in [6, 6.07) is 1.71. The first-order chi connectivity index (χ1) is 6.17. The zero-order valence-electron chi connectivity index (χ0n) is 7.37. The molecule has 0 aliphatic heterocycles. The zero-order valence-corrected chi connectivity index (χ0v) is 8.18. The Kier molecular flexibility index (Phi) is 3.04. The van der Waals surface area contributed by atoms with Gasteiger partial charge >= 0.3 is 0 Å². The van der Waals surface area contributed by atoms with Crippen LogP contribution in [0.25, 0.3) is 0 Å². The normalized spacial score (nSPS) is 9.46. The van der Waals surface area contributed by atoms with Gasteiger partial charge in [-0.3, -0.25) is 0 Å². The first kappa shape index (κ1) is 9.75. The van der Waals surface area contributed by atoms with Gasteiger partial charge in [0, 0.05) is 13.1 Å². The fourth-order valence-corrected chi connectivity index (χ4v) is 0.959. The van der Waals surface area contributed by atoms with E-state index in [-0.39, 0.29) is 0 Å². The highest BCUT2D eigenvalue weighted by Crippen LogP contribution is 2.14. The van der Waals surface area contributed by atoms with Crippen molar-refractivity contribution in [2.45, 2.75) is 0 Å². The monoisotopic (exact) mass is 201 g/mol. The number of hydrogen-bond donors (Lipinski definition) is 3. The number of rotatable bonds is 2. The van der Waals surface area contributed by atoms with Gasteiger partial charge in [0.05, 0.1) is 7.11 Å². The maximum atomic E-state index is 5.08. The minimum atomic E-state index is 0.306. The Bertz CT molecular complexity index is 310. The third-order valence-electron chi connectivity index (χ3n) is 1.42. The lowest BCUT2D eigenvalue weighted by atomic mass is 10.6. The van der Waals surface area contributed by atoms with Crippen molar-refractivity contribution in [1.82, 2.24) is 15.2 Å². The predicted octanol–water partition coefficient (Wildman–Crippen LogP) is -0.411. The standard InChI is InChI=1S/C6H11N5OS/c1-11-5(12-2)3-4(10-11)8-6(13)9-7/h3H,7H2,1-2H3,(H2,8,9,10,13). The smallest absolute Gasteiger partial charge is 0.213 e. The van der Waals surface area contributed by atoms with Crippen molar-refractivity contribution in [2.75, 3.05) is 12.4 Å². The Hall–Kier alpha value is -1.34. The number of aromatic nitrogens is 2. The highest BCUT2D eigenvalue weighted by atomic mass is 32.1. The van der Waals surface area contributed by atoms with E-state index in [0.29, 0.717) is 16.8 Å². The molecule has 0 saturated heterocycles. The minimum absolute atomic E-state index is 0.306. The molecule has 72 valence electrons. The molecule has 0 aromatic carbocycles. The number of nitrogens with two attached hydrogens (primary N) is 1. The van der Waals surface area contributed by atoms with E-state index in [2.05, 4.69) is 15.8 Å². The quantitative estimate of drug-likeness (QED) is 0.343. The van der Waals surface area contributed by atoms with Crippen LogP contribution < -0.4 is 21.3 Å². The second-order valence-corrected chi connectivity index (χ2v) is 2.70. The first-order valence-electron chi connectivity index (χ1n) is 3.53. The average Bonchev–Trinajstić information content (AvgIpc) is 2.46. The van der Waals surface area contributed by atoms with E-state index in [0.717, 1.165) is 0 Å². The highest BCUT2D eigenvalue weighted by molar-refractivity contribution is 7.80. The van der Waals surface area contributed by atoms with Crippen LogP contribution in [0.2, 0.25) is 0 Å². The van der Waals surface area contributed by atoms with Crippen LogP contribution in [0, 0.1) is 0 Å². The number of nitrogens with one attached hydrogen (secondary N) is 2. The summed E-state index contributed by atoms with van der Waals surface area (Å²) in [5, 5.41) is 7.14. The van der Waals surface area contributed by atoms with Crippen molar-refractivity contribution in [3.05, 3.63) is 6.07 Å². The summed E-state index contributed by atoms with van der Waals surface area (Å²) in [5.41, 5.74) is 2.29. The van der Waals surface area contributed by atoms with Crippen molar-refractivity contribution < 1.29 is 4.74 Å². The summed E-state index contributed by atoms with van der Waals surface area (Å²) in [6.07, 6.45) is 0. The zero-order chi connectivity index (χ0) is 9.84. The molecule has 0 saturated carbocycles. The number of hydrazine groups is 1. The van der Waals surface area contributed by atoms with Gasteiger partial charge in [-0.1, -0.05) is 0 Å². The van der Waals surface area contributed by atoms with Crippen LogP contribution in [-0.2, 0) is 7.05 Å². The molecule has 0 spiro atoms. The van der Waals surface area contributed by atoms with Crippen molar-refractivity contribution in [1.29, 1.82) is 0 Å². The van der Waals surface area contributed by atoms with Crippen LogP contribution in [0.5, 0.6) is 5.88 Å². The van der Waals surface area contributed by atoms with Crippen LogP contribution in [0.15, 0.2) is 6.07 Å². The van der Waals surface area contributed by atoms with Gasteiger partial charge in [-0.2, -0.15) is 5.10 Å². The number of hydrogen-bond acceptors (Lipinski definition) is 4. The lowest BCUT2D eigenvalue weighted by Crippen LogP contribution is -2.34. The van der Waals surface area contributed by atoms with E-state index in [1.807, 2.05) is 0 Å². The average molecular weight is 201 g/mol. The highest BCUT2D eigenvalue weighted by Gasteiger charge is 2.04. The molecular formula is C6H11N5OS. The number of ether oxygens (including phenoxy) is 1. The molecule has 0 fully saturated rings. The van der Waals surface area contributed by atoms with Gasteiger partial charge in [-0.15, -0.1) is 0 Å². The Morgan fingerprint density at radius 3 is 2.92 bits per heavy atom. The maximum Gasteiger partial charge on any atom is 0.213 e. The van der Waals surface area contributed by atoms with Gasteiger partial charge in [0.15, 0.2) is 10.9 Å². The molecule has 0 radical (unpaired) electrons. The summed E-state index contributed by atoms with van der Waals surface area (Å²) < 4.78 is 6.59. The largest absolute Gasteiger partial charge is 0.481 e. The van der Waals surface area contributed by atoms with Gasteiger partial charge in [0.25, 0.3) is 0 Å². The molecular weight excluding hydrogens is 190 g/mol. The van der Waals surface area contributed by atoms with E-state index in [1.54, 1.807) is 24.9 Å². The minimum Gasteiger partial charge on any atom is -0.481 e. The molecule has 1 heterocycles. The Morgan fingerprint density at radius 1 is 1.77 bits per heavy atom. The maximum absolute atomic E-state index is 5.08. The van der Waals surface area contributed by atoms with Crippen LogP contribution in [0.3, 0.4) is 0 Å². The molecule has 0 atom stereocenters. The molecule has 0 bridgehead atoms. The second kappa shape index (κ2) is 4.06. The van der Waals surface area contributed by atoms with Crippen molar-refractivity contribution in [2.24, 2.45) is 12.9 Å². The van der Waals surface area contributed by atoms with Gasteiger partial charge in [0.1, 0.15) is 0 Å². The van der Waals surface area contributed by atoms with Crippen molar-refractivity contribution in [3.8, 4) is 5.88 Å². The summed E-state index contributed by atoms with van der Waals surface area (Å²) in [6.45, 7) is 0.